The first-order valence-electron chi connectivity index (χ1n) is 6.29. The summed E-state index contributed by atoms with van der Waals surface area (Å²) >= 11 is 23.2. The van der Waals surface area contributed by atoms with Crippen molar-refractivity contribution in [1.29, 1.82) is 0 Å². The van der Waals surface area contributed by atoms with Gasteiger partial charge in [0.1, 0.15) is 6.10 Å². The summed E-state index contributed by atoms with van der Waals surface area (Å²) in [6, 6.07) is 8.44. The number of aliphatic hydroxyl groups is 1. The fourth-order valence-corrected chi connectivity index (χ4v) is 3.10. The van der Waals surface area contributed by atoms with E-state index in [0.29, 0.717) is 32.4 Å². The summed E-state index contributed by atoms with van der Waals surface area (Å²) in [4.78, 5) is 10.6. The van der Waals surface area contributed by atoms with Gasteiger partial charge in [-0.15, -0.1) is 0 Å². The minimum atomic E-state index is -1.20. The minimum absolute atomic E-state index is 0.382. The highest BCUT2D eigenvalue weighted by molar-refractivity contribution is 6.54. The number of aliphatic hydroxyl groups excluding tert-OH is 1. The van der Waals surface area contributed by atoms with Gasteiger partial charge in [0, 0.05) is 15.6 Å². The summed E-state index contributed by atoms with van der Waals surface area (Å²) < 4.78 is 0. The van der Waals surface area contributed by atoms with Crippen molar-refractivity contribution in [3.05, 3.63) is 51.5 Å². The molecule has 0 spiro atoms. The Kier molecular flexibility index (Phi) is 4.27. The molecular weight excluding hydrogens is 368 g/mol. The van der Waals surface area contributed by atoms with Crippen molar-refractivity contribution in [2.24, 2.45) is 0 Å². The number of rotatable bonds is 2. The summed E-state index contributed by atoms with van der Waals surface area (Å²) in [7, 11) is 0. The van der Waals surface area contributed by atoms with E-state index in [4.69, 9.17) is 46.4 Å². The molecule has 2 N–H and O–H groups in total. The topological polar surface area (TPSA) is 49.3 Å². The van der Waals surface area contributed by atoms with Crippen molar-refractivity contribution in [3.63, 3.8) is 0 Å². The molecule has 1 amide bonds. The van der Waals surface area contributed by atoms with Crippen LogP contribution in [0.1, 0.15) is 17.2 Å². The number of benzene rings is 2. The normalized spacial score (nSPS) is 15.6. The van der Waals surface area contributed by atoms with E-state index in [0.717, 1.165) is 5.56 Å². The molecule has 3 nitrogen and oxygen atoms in total. The number of alkyl halides is 2. The monoisotopic (exact) mass is 375 g/mol. The van der Waals surface area contributed by atoms with Crippen LogP contribution in [0.25, 0.3) is 11.1 Å². The van der Waals surface area contributed by atoms with Crippen LogP contribution in [0.4, 0.5) is 5.69 Å². The van der Waals surface area contributed by atoms with Gasteiger partial charge in [-0.05, 0) is 41.0 Å². The van der Waals surface area contributed by atoms with E-state index >= 15 is 0 Å². The van der Waals surface area contributed by atoms with Gasteiger partial charge in [0.2, 0.25) is 0 Å². The molecule has 2 aromatic carbocycles. The number of anilines is 1. The summed E-state index contributed by atoms with van der Waals surface area (Å²) in [6.07, 6.45) is -0.860. The Bertz CT molecular complexity index is 776. The summed E-state index contributed by atoms with van der Waals surface area (Å²) in [5, 5.41) is 14.0. The number of hydrogen-bond donors (Lipinski definition) is 2. The lowest BCUT2D eigenvalue weighted by Gasteiger charge is -2.13. The Labute approximate surface area is 146 Å². The third-order valence-electron chi connectivity index (χ3n) is 3.46. The highest BCUT2D eigenvalue weighted by Gasteiger charge is 2.30. The van der Waals surface area contributed by atoms with Crippen LogP contribution < -0.4 is 5.32 Å². The second-order valence-electron chi connectivity index (χ2n) is 4.84. The Morgan fingerprint density at radius 3 is 2.45 bits per heavy atom. The Morgan fingerprint density at radius 1 is 1.09 bits per heavy atom. The number of carbonyl (C=O) groups is 1. The molecule has 1 atom stereocenters. The summed E-state index contributed by atoms with van der Waals surface area (Å²) in [5.41, 5.74) is 3.17. The second kappa shape index (κ2) is 5.91. The van der Waals surface area contributed by atoms with E-state index in [9.17, 15) is 9.90 Å². The zero-order valence-electron chi connectivity index (χ0n) is 10.9. The Balaban J connectivity index is 2.18. The van der Waals surface area contributed by atoms with Crippen LogP contribution in [0.15, 0.2) is 30.3 Å². The van der Waals surface area contributed by atoms with Gasteiger partial charge in [0.15, 0.2) is 4.84 Å². The van der Waals surface area contributed by atoms with Crippen LogP contribution in [-0.2, 0) is 4.79 Å². The van der Waals surface area contributed by atoms with Crippen LogP contribution in [-0.4, -0.2) is 15.8 Å². The smallest absolute Gasteiger partial charge is 0.257 e. The SMILES string of the molecule is O=C(Nc1cc(Cl)cc2c1-c1ccc(Cl)cc1[C@H]2O)C(Cl)Cl. The third-order valence-corrected chi connectivity index (χ3v) is 4.31. The van der Waals surface area contributed by atoms with Crippen molar-refractivity contribution < 1.29 is 9.90 Å². The molecule has 1 aliphatic rings. The zero-order valence-corrected chi connectivity index (χ0v) is 13.9. The molecule has 3 rings (SSSR count). The van der Waals surface area contributed by atoms with E-state index < -0.39 is 16.8 Å². The number of hydrogen-bond acceptors (Lipinski definition) is 2. The first-order valence-corrected chi connectivity index (χ1v) is 7.91. The molecule has 0 unspecified atom stereocenters. The summed E-state index contributed by atoms with van der Waals surface area (Å²) in [6.45, 7) is 0. The molecule has 0 bridgehead atoms. The molecule has 1 aliphatic carbocycles. The molecule has 0 aliphatic heterocycles. The lowest BCUT2D eigenvalue weighted by Crippen LogP contribution is -2.19. The predicted molar refractivity (Wildman–Crippen MR) is 90.1 cm³/mol. The number of carbonyl (C=O) groups excluding carboxylic acids is 1. The maximum Gasteiger partial charge on any atom is 0.257 e. The molecule has 114 valence electrons. The van der Waals surface area contributed by atoms with Crippen molar-refractivity contribution in [1.82, 2.24) is 0 Å². The summed E-state index contributed by atoms with van der Waals surface area (Å²) in [5.74, 6) is -0.565. The Hall–Kier alpha value is -0.970. The fourth-order valence-electron chi connectivity index (χ4n) is 2.59. The largest absolute Gasteiger partial charge is 0.384 e. The standard InChI is InChI=1S/C15H9Cl4NO2/c16-6-1-2-8-9(3-6)13(21)10-4-7(17)5-11(12(8)10)20-15(22)14(18)19/h1-5,13-14,21H,(H,20,22)/t13-/m1/s1. The number of nitrogens with one attached hydrogen (secondary N) is 1. The molecule has 0 aromatic heterocycles. The van der Waals surface area contributed by atoms with Gasteiger partial charge in [0.25, 0.3) is 5.91 Å². The van der Waals surface area contributed by atoms with Gasteiger partial charge in [0.05, 0.1) is 5.69 Å². The van der Waals surface area contributed by atoms with E-state index in [-0.39, 0.29) is 0 Å². The number of fused-ring (bicyclic) bond motifs is 3. The van der Waals surface area contributed by atoms with E-state index in [1.807, 2.05) is 0 Å². The first-order chi connectivity index (χ1) is 10.4. The van der Waals surface area contributed by atoms with E-state index in [2.05, 4.69) is 5.32 Å². The average molecular weight is 377 g/mol. The second-order valence-corrected chi connectivity index (χ2v) is 6.81. The fraction of sp³-hybridized carbons (Fsp3) is 0.133. The molecule has 22 heavy (non-hydrogen) atoms. The van der Waals surface area contributed by atoms with Crippen molar-refractivity contribution >= 4 is 58.0 Å². The van der Waals surface area contributed by atoms with Crippen molar-refractivity contribution in [2.75, 3.05) is 5.32 Å². The van der Waals surface area contributed by atoms with Crippen LogP contribution in [0.5, 0.6) is 0 Å². The molecule has 7 heteroatoms. The maximum atomic E-state index is 11.8. The van der Waals surface area contributed by atoms with E-state index in [1.54, 1.807) is 30.3 Å². The molecule has 0 saturated heterocycles. The number of halogens is 4. The van der Waals surface area contributed by atoms with Gasteiger partial charge in [-0.1, -0.05) is 52.5 Å². The predicted octanol–water partition coefficient (Wildman–Crippen LogP) is 4.80. The minimum Gasteiger partial charge on any atom is -0.384 e. The number of amides is 1. The van der Waals surface area contributed by atoms with Crippen molar-refractivity contribution in [3.8, 4) is 11.1 Å². The molecule has 0 heterocycles. The maximum absolute atomic E-state index is 11.8. The van der Waals surface area contributed by atoms with Crippen LogP contribution in [0, 0.1) is 0 Å². The van der Waals surface area contributed by atoms with Crippen LogP contribution in [0.2, 0.25) is 10.0 Å². The van der Waals surface area contributed by atoms with Crippen LogP contribution >= 0.6 is 46.4 Å². The van der Waals surface area contributed by atoms with Gasteiger partial charge in [-0.2, -0.15) is 0 Å². The van der Waals surface area contributed by atoms with Gasteiger partial charge in [-0.3, -0.25) is 4.79 Å². The highest BCUT2D eigenvalue weighted by atomic mass is 35.5. The quantitative estimate of drug-likeness (QED) is 0.739. The van der Waals surface area contributed by atoms with Crippen LogP contribution in [0.3, 0.4) is 0 Å². The molecule has 0 saturated carbocycles. The Morgan fingerprint density at radius 2 is 1.77 bits per heavy atom. The molecule has 0 fully saturated rings. The average Bonchev–Trinajstić information content (AvgIpc) is 2.72. The lowest BCUT2D eigenvalue weighted by atomic mass is 10.0. The van der Waals surface area contributed by atoms with E-state index in [1.165, 1.54) is 0 Å². The molecular formula is C15H9Cl4NO2. The first kappa shape index (κ1) is 15.9. The zero-order chi connectivity index (χ0) is 16.0. The lowest BCUT2D eigenvalue weighted by molar-refractivity contribution is -0.114. The van der Waals surface area contributed by atoms with Crippen molar-refractivity contribution in [2.45, 2.75) is 10.9 Å². The highest BCUT2D eigenvalue weighted by Crippen LogP contribution is 2.49. The van der Waals surface area contributed by atoms with Gasteiger partial charge < -0.3 is 10.4 Å². The third kappa shape index (κ3) is 2.68. The molecule has 0 radical (unpaired) electrons. The van der Waals surface area contributed by atoms with Gasteiger partial charge >= 0.3 is 0 Å². The van der Waals surface area contributed by atoms with Gasteiger partial charge in [-0.25, -0.2) is 0 Å². The molecule has 2 aromatic rings.